The van der Waals surface area contributed by atoms with Crippen LogP contribution in [0.3, 0.4) is 0 Å². The van der Waals surface area contributed by atoms with Crippen molar-refractivity contribution >= 4 is 5.69 Å². The van der Waals surface area contributed by atoms with Gasteiger partial charge in [-0.1, -0.05) is 18.2 Å². The molecule has 1 aliphatic heterocycles. The van der Waals surface area contributed by atoms with Crippen LogP contribution in [0.4, 0.5) is 5.69 Å². The average molecular weight is 231 g/mol. The molecule has 2 aliphatic rings. The molecule has 3 heteroatoms. The molecule has 1 aromatic carbocycles. The highest BCUT2D eigenvalue weighted by Crippen LogP contribution is 2.26. The fraction of sp³-hybridized carbons (Fsp3) is 0.571. The maximum Gasteiger partial charge on any atom is 0.0367 e. The number of nitrogens with zero attached hydrogens (tertiary/aromatic N) is 2. The van der Waals surface area contributed by atoms with Crippen molar-refractivity contribution in [1.29, 1.82) is 0 Å². The minimum absolute atomic E-state index is 0.465. The van der Waals surface area contributed by atoms with Crippen LogP contribution >= 0.6 is 0 Å². The SMILES string of the molecule is NC1CC(N2CCN(c3ccccc3)CC2)C1. The molecule has 2 fully saturated rings. The molecule has 0 radical (unpaired) electrons. The third-order valence-electron chi connectivity index (χ3n) is 4.10. The summed E-state index contributed by atoms with van der Waals surface area (Å²) in [5.74, 6) is 0. The number of nitrogens with two attached hydrogens (primary N) is 1. The molecule has 0 spiro atoms. The molecular weight excluding hydrogens is 210 g/mol. The van der Waals surface area contributed by atoms with Crippen LogP contribution in [0.25, 0.3) is 0 Å². The summed E-state index contributed by atoms with van der Waals surface area (Å²) in [7, 11) is 0. The van der Waals surface area contributed by atoms with Crippen molar-refractivity contribution in [3.8, 4) is 0 Å². The van der Waals surface area contributed by atoms with Gasteiger partial charge in [-0.2, -0.15) is 0 Å². The fourth-order valence-electron chi connectivity index (χ4n) is 2.91. The molecule has 3 rings (SSSR count). The van der Waals surface area contributed by atoms with E-state index in [4.69, 9.17) is 5.73 Å². The molecule has 0 aromatic heterocycles. The summed E-state index contributed by atoms with van der Waals surface area (Å²) < 4.78 is 0. The fourth-order valence-corrected chi connectivity index (χ4v) is 2.91. The molecule has 17 heavy (non-hydrogen) atoms. The standard InChI is InChI=1S/C14H21N3/c15-12-10-14(11-12)17-8-6-16(7-9-17)13-4-2-1-3-5-13/h1-5,12,14H,6-11,15H2. The molecule has 0 unspecified atom stereocenters. The van der Waals surface area contributed by atoms with Crippen molar-refractivity contribution in [2.45, 2.75) is 24.9 Å². The van der Waals surface area contributed by atoms with E-state index in [-0.39, 0.29) is 0 Å². The van der Waals surface area contributed by atoms with Crippen LogP contribution in [0.5, 0.6) is 0 Å². The molecule has 1 aromatic rings. The van der Waals surface area contributed by atoms with E-state index in [1.54, 1.807) is 0 Å². The monoisotopic (exact) mass is 231 g/mol. The summed E-state index contributed by atoms with van der Waals surface area (Å²) in [6, 6.07) is 12.0. The van der Waals surface area contributed by atoms with Crippen LogP contribution in [0.2, 0.25) is 0 Å². The summed E-state index contributed by atoms with van der Waals surface area (Å²) in [4.78, 5) is 5.10. The quantitative estimate of drug-likeness (QED) is 0.832. The molecule has 1 saturated carbocycles. The molecule has 1 saturated heterocycles. The second-order valence-corrected chi connectivity index (χ2v) is 5.24. The Morgan fingerprint density at radius 1 is 0.941 bits per heavy atom. The lowest BCUT2D eigenvalue weighted by molar-refractivity contribution is 0.104. The summed E-state index contributed by atoms with van der Waals surface area (Å²) in [5.41, 5.74) is 7.22. The second-order valence-electron chi connectivity index (χ2n) is 5.24. The number of anilines is 1. The lowest BCUT2D eigenvalue weighted by atomic mass is 9.86. The van der Waals surface area contributed by atoms with Gasteiger partial charge in [0, 0.05) is 44.0 Å². The van der Waals surface area contributed by atoms with Gasteiger partial charge in [0.25, 0.3) is 0 Å². The van der Waals surface area contributed by atoms with Crippen LogP contribution in [-0.2, 0) is 0 Å². The van der Waals surface area contributed by atoms with Crippen molar-refractivity contribution in [3.63, 3.8) is 0 Å². The van der Waals surface area contributed by atoms with Crippen molar-refractivity contribution in [2.24, 2.45) is 5.73 Å². The zero-order valence-corrected chi connectivity index (χ0v) is 10.3. The largest absolute Gasteiger partial charge is 0.369 e. The van der Waals surface area contributed by atoms with Gasteiger partial charge < -0.3 is 10.6 Å². The minimum atomic E-state index is 0.465. The minimum Gasteiger partial charge on any atom is -0.369 e. The lowest BCUT2D eigenvalue weighted by Gasteiger charge is -2.45. The second kappa shape index (κ2) is 4.67. The highest BCUT2D eigenvalue weighted by molar-refractivity contribution is 5.46. The number of hydrogen-bond acceptors (Lipinski definition) is 3. The van der Waals surface area contributed by atoms with Gasteiger partial charge in [0.05, 0.1) is 0 Å². The Bertz CT molecular complexity index is 351. The first-order valence-corrected chi connectivity index (χ1v) is 6.62. The molecule has 1 aliphatic carbocycles. The predicted molar refractivity (Wildman–Crippen MR) is 71.2 cm³/mol. The first-order chi connectivity index (χ1) is 8.33. The van der Waals surface area contributed by atoms with Crippen LogP contribution in [0.1, 0.15) is 12.8 Å². The lowest BCUT2D eigenvalue weighted by Crippen LogP contribution is -2.56. The summed E-state index contributed by atoms with van der Waals surface area (Å²) >= 11 is 0. The van der Waals surface area contributed by atoms with Crippen LogP contribution in [0, 0.1) is 0 Å². The average Bonchev–Trinajstić information content (AvgIpc) is 2.36. The molecule has 0 atom stereocenters. The van der Waals surface area contributed by atoms with Crippen LogP contribution in [-0.4, -0.2) is 43.2 Å². The van der Waals surface area contributed by atoms with E-state index in [1.807, 2.05) is 0 Å². The smallest absolute Gasteiger partial charge is 0.0367 e. The van der Waals surface area contributed by atoms with Crippen LogP contribution in [0.15, 0.2) is 30.3 Å². The number of para-hydroxylation sites is 1. The maximum absolute atomic E-state index is 5.86. The van der Waals surface area contributed by atoms with Crippen molar-refractivity contribution in [2.75, 3.05) is 31.1 Å². The zero-order chi connectivity index (χ0) is 11.7. The molecule has 2 N–H and O–H groups in total. The normalized spacial score (nSPS) is 30.1. The molecule has 0 amide bonds. The van der Waals surface area contributed by atoms with E-state index in [0.29, 0.717) is 6.04 Å². The van der Waals surface area contributed by atoms with Gasteiger partial charge in [0.1, 0.15) is 0 Å². The van der Waals surface area contributed by atoms with Crippen LogP contribution < -0.4 is 10.6 Å². The molecular formula is C14H21N3. The van der Waals surface area contributed by atoms with E-state index in [0.717, 1.165) is 19.1 Å². The number of rotatable bonds is 2. The third kappa shape index (κ3) is 2.31. The van der Waals surface area contributed by atoms with E-state index in [1.165, 1.54) is 31.6 Å². The molecule has 3 nitrogen and oxygen atoms in total. The first-order valence-electron chi connectivity index (χ1n) is 6.62. The molecule has 92 valence electrons. The van der Waals surface area contributed by atoms with Gasteiger partial charge in [0.15, 0.2) is 0 Å². The Morgan fingerprint density at radius 3 is 2.18 bits per heavy atom. The third-order valence-corrected chi connectivity index (χ3v) is 4.10. The highest BCUT2D eigenvalue weighted by Gasteiger charge is 2.32. The zero-order valence-electron chi connectivity index (χ0n) is 10.3. The molecule has 0 bridgehead atoms. The summed E-state index contributed by atoms with van der Waals surface area (Å²) in [6.45, 7) is 4.67. The van der Waals surface area contributed by atoms with E-state index >= 15 is 0 Å². The summed E-state index contributed by atoms with van der Waals surface area (Å²) in [6.07, 6.45) is 2.40. The van der Waals surface area contributed by atoms with Gasteiger partial charge in [-0.25, -0.2) is 0 Å². The van der Waals surface area contributed by atoms with Gasteiger partial charge in [0.2, 0.25) is 0 Å². The molecule has 1 heterocycles. The Hall–Kier alpha value is -1.06. The van der Waals surface area contributed by atoms with E-state index in [9.17, 15) is 0 Å². The number of benzene rings is 1. The van der Waals surface area contributed by atoms with Gasteiger partial charge in [-0.15, -0.1) is 0 Å². The Balaban J connectivity index is 1.54. The van der Waals surface area contributed by atoms with Crippen molar-refractivity contribution in [3.05, 3.63) is 30.3 Å². The summed E-state index contributed by atoms with van der Waals surface area (Å²) in [5, 5.41) is 0. The van der Waals surface area contributed by atoms with E-state index in [2.05, 4.69) is 40.1 Å². The Kier molecular flexibility index (Phi) is 3.04. The predicted octanol–water partition coefficient (Wildman–Crippen LogP) is 1.30. The highest BCUT2D eigenvalue weighted by atomic mass is 15.3. The number of hydrogen-bond donors (Lipinski definition) is 1. The Morgan fingerprint density at radius 2 is 1.59 bits per heavy atom. The van der Waals surface area contributed by atoms with Gasteiger partial charge in [-0.05, 0) is 25.0 Å². The first kappa shape index (κ1) is 11.1. The van der Waals surface area contributed by atoms with Gasteiger partial charge >= 0.3 is 0 Å². The maximum atomic E-state index is 5.86. The van der Waals surface area contributed by atoms with Gasteiger partial charge in [-0.3, -0.25) is 4.90 Å². The number of piperazine rings is 1. The van der Waals surface area contributed by atoms with Crippen molar-refractivity contribution < 1.29 is 0 Å². The Labute approximate surface area is 103 Å². The topological polar surface area (TPSA) is 32.5 Å². The van der Waals surface area contributed by atoms with Crippen molar-refractivity contribution in [1.82, 2.24) is 4.90 Å². The van der Waals surface area contributed by atoms with E-state index < -0.39 is 0 Å².